The fourth-order valence-electron chi connectivity index (χ4n) is 1.29. The molecule has 1 aliphatic rings. The van der Waals surface area contributed by atoms with Gasteiger partial charge < -0.3 is 10.00 Å². The van der Waals surface area contributed by atoms with Crippen molar-refractivity contribution in [1.82, 2.24) is 0 Å². The highest BCUT2D eigenvalue weighted by Crippen LogP contribution is 2.58. The van der Waals surface area contributed by atoms with Crippen LogP contribution >= 0.6 is 8.17 Å². The average molecular weight is 258 g/mol. The molecule has 0 spiro atoms. The first-order chi connectivity index (χ1) is 7.90. The number of benzene rings is 1. The van der Waals surface area contributed by atoms with E-state index in [2.05, 4.69) is 0 Å². The molecule has 0 unspecified atom stereocenters. The fourth-order valence-corrected chi connectivity index (χ4v) is 2.88. The van der Waals surface area contributed by atoms with Gasteiger partial charge in [-0.2, -0.15) is 9.05 Å². The smallest absolute Gasteiger partial charge is 0.429 e. The second-order valence-electron chi connectivity index (χ2n) is 4.72. The van der Waals surface area contributed by atoms with E-state index in [1.54, 1.807) is 12.1 Å². The summed E-state index contributed by atoms with van der Waals surface area (Å²) in [5.74, 6) is -0.00435. The van der Waals surface area contributed by atoms with Crippen LogP contribution in [-0.2, 0) is 9.05 Å². The molecule has 0 amide bonds. The molecule has 0 radical (unpaired) electrons. The number of phosphoric ester groups is 1. The summed E-state index contributed by atoms with van der Waals surface area (Å²) < 4.78 is 15.4. The number of phenolic OH excluding ortho intramolecular Hbond substituents is 1. The van der Waals surface area contributed by atoms with Gasteiger partial charge in [-0.15, -0.1) is 0 Å². The summed E-state index contributed by atoms with van der Waals surface area (Å²) >= 11 is 0. The van der Waals surface area contributed by atoms with Crippen molar-refractivity contribution in [3.8, 4) is 11.5 Å². The van der Waals surface area contributed by atoms with Gasteiger partial charge in [0.1, 0.15) is 13.2 Å². The number of hydrogen-bond acceptors (Lipinski definition) is 5. The Morgan fingerprint density at radius 1 is 1.29 bits per heavy atom. The fraction of sp³-hybridized carbons (Fsp3) is 0.455. The minimum atomic E-state index is -3.60. The van der Waals surface area contributed by atoms with Gasteiger partial charge >= 0.3 is 8.17 Å². The van der Waals surface area contributed by atoms with E-state index in [0.29, 0.717) is 0 Å². The lowest BCUT2D eigenvalue weighted by molar-refractivity contribution is -0.254. The minimum absolute atomic E-state index is 0.0931. The van der Waals surface area contributed by atoms with Gasteiger partial charge in [0.2, 0.25) is 5.75 Å². The molecule has 0 aliphatic carbocycles. The van der Waals surface area contributed by atoms with Crippen LogP contribution in [0, 0.1) is 5.41 Å². The monoisotopic (exact) mass is 258 g/mol. The van der Waals surface area contributed by atoms with Crippen molar-refractivity contribution >= 4 is 8.17 Å². The Kier molecular flexibility index (Phi) is 3.27. The Labute approximate surface area is 101 Å². The third-order valence-electron chi connectivity index (χ3n) is 2.30. The number of phosphoric acid groups is 1. The van der Waals surface area contributed by atoms with Crippen LogP contribution in [-0.4, -0.2) is 18.3 Å². The normalized spacial score (nSPS) is 22.1. The van der Waals surface area contributed by atoms with Crippen molar-refractivity contribution in [2.24, 2.45) is 5.41 Å². The number of aromatic hydroxyl groups is 1. The lowest BCUT2D eigenvalue weighted by Gasteiger charge is -2.35. The van der Waals surface area contributed by atoms with Crippen LogP contribution in [0.1, 0.15) is 13.8 Å². The van der Waals surface area contributed by atoms with E-state index in [1.165, 1.54) is 12.1 Å². The van der Waals surface area contributed by atoms with Crippen LogP contribution in [0.2, 0.25) is 0 Å². The summed E-state index contributed by atoms with van der Waals surface area (Å²) in [6, 6.07) is 6.25. The van der Waals surface area contributed by atoms with Gasteiger partial charge in [0.05, 0.1) is 0 Å². The molecule has 1 heterocycles. The van der Waals surface area contributed by atoms with E-state index in [9.17, 15) is 10.00 Å². The summed E-state index contributed by atoms with van der Waals surface area (Å²) in [5.41, 5.74) is -0.185. The maximum Gasteiger partial charge on any atom is 0.429 e. The highest BCUT2D eigenvalue weighted by molar-refractivity contribution is 7.54. The zero-order valence-corrected chi connectivity index (χ0v) is 10.6. The molecule has 0 aromatic heterocycles. The van der Waals surface area contributed by atoms with E-state index < -0.39 is 8.17 Å². The van der Waals surface area contributed by atoms with Crippen molar-refractivity contribution in [2.75, 3.05) is 13.2 Å². The maximum absolute atomic E-state index is 12.1. The Morgan fingerprint density at radius 3 is 2.47 bits per heavy atom. The van der Waals surface area contributed by atoms with Crippen LogP contribution in [0.5, 0.6) is 11.5 Å². The van der Waals surface area contributed by atoms with E-state index in [-0.39, 0.29) is 30.1 Å². The van der Waals surface area contributed by atoms with Crippen molar-refractivity contribution in [1.29, 1.82) is 0 Å². The largest absolute Gasteiger partial charge is 0.598 e. The second kappa shape index (κ2) is 4.42. The van der Waals surface area contributed by atoms with Crippen LogP contribution in [0.15, 0.2) is 24.3 Å². The molecule has 0 bridgehead atoms. The molecule has 1 aromatic carbocycles. The van der Waals surface area contributed by atoms with Gasteiger partial charge in [-0.25, -0.2) is 0 Å². The van der Waals surface area contributed by atoms with E-state index in [0.717, 1.165) is 0 Å². The van der Waals surface area contributed by atoms with Crippen molar-refractivity contribution in [2.45, 2.75) is 13.8 Å². The first kappa shape index (κ1) is 12.6. The standard InChI is InChI=1S/C11H15O5P/c1-11(2)7-14-17(13,15-8-11)16-10-6-4-3-5-9(10)12/h3-6,12H,7-8H2,1-2H3. The summed E-state index contributed by atoms with van der Waals surface area (Å²) in [6.07, 6.45) is 0. The molecular formula is C11H15O5P. The predicted molar refractivity (Wildman–Crippen MR) is 61.3 cm³/mol. The summed E-state index contributed by atoms with van der Waals surface area (Å²) in [7, 11) is -3.60. The molecule has 94 valence electrons. The molecule has 0 saturated carbocycles. The van der Waals surface area contributed by atoms with Gasteiger partial charge in [0.25, 0.3) is 0 Å². The molecule has 1 aromatic rings. The first-order valence-corrected chi connectivity index (χ1v) is 6.73. The summed E-state index contributed by atoms with van der Waals surface area (Å²) in [4.78, 5) is 12.1. The summed E-state index contributed by atoms with van der Waals surface area (Å²) in [5, 5.41) is 9.50. The lowest BCUT2D eigenvalue weighted by atomic mass is 9.97. The molecule has 17 heavy (non-hydrogen) atoms. The van der Waals surface area contributed by atoms with Crippen molar-refractivity contribution in [3.05, 3.63) is 24.3 Å². The highest BCUT2D eigenvalue weighted by Gasteiger charge is 2.44. The molecule has 2 rings (SSSR count). The Balaban J connectivity index is 2.07. The van der Waals surface area contributed by atoms with Gasteiger partial charge in [-0.3, -0.25) is 4.52 Å². The topological polar surface area (TPSA) is 71.0 Å². The molecule has 0 atom stereocenters. The Hall–Kier alpha value is -0.870. The van der Waals surface area contributed by atoms with Crippen LogP contribution in [0.25, 0.3) is 0 Å². The van der Waals surface area contributed by atoms with Gasteiger partial charge in [-0.1, -0.05) is 26.0 Å². The molecule has 6 heteroatoms. The van der Waals surface area contributed by atoms with Crippen LogP contribution in [0.4, 0.5) is 0 Å². The number of phenols is 1. The SMILES string of the molecule is CC1(C)CO[P+]([O-])(Oc2ccccc2O)OC1. The lowest BCUT2D eigenvalue weighted by Crippen LogP contribution is -2.36. The van der Waals surface area contributed by atoms with E-state index in [1.807, 2.05) is 13.8 Å². The average Bonchev–Trinajstić information content (AvgIpc) is 2.27. The zero-order chi connectivity index (χ0) is 12.5. The summed E-state index contributed by atoms with van der Waals surface area (Å²) in [6.45, 7) is 4.46. The highest BCUT2D eigenvalue weighted by atomic mass is 31.2. The van der Waals surface area contributed by atoms with Crippen molar-refractivity contribution < 1.29 is 23.6 Å². The quantitative estimate of drug-likeness (QED) is 0.820. The third-order valence-corrected chi connectivity index (χ3v) is 3.61. The van der Waals surface area contributed by atoms with E-state index in [4.69, 9.17) is 13.6 Å². The maximum atomic E-state index is 12.1. The molecular weight excluding hydrogens is 243 g/mol. The van der Waals surface area contributed by atoms with Gasteiger partial charge in [-0.05, 0) is 12.1 Å². The van der Waals surface area contributed by atoms with Crippen LogP contribution in [0.3, 0.4) is 0 Å². The molecule has 1 saturated heterocycles. The molecule has 1 aliphatic heterocycles. The van der Waals surface area contributed by atoms with Gasteiger partial charge in [0.15, 0.2) is 5.75 Å². The first-order valence-electron chi connectivity index (χ1n) is 5.27. The predicted octanol–water partition coefficient (Wildman–Crippen LogP) is 1.88. The number of para-hydroxylation sites is 2. The zero-order valence-electron chi connectivity index (χ0n) is 9.75. The Morgan fingerprint density at radius 2 is 1.88 bits per heavy atom. The van der Waals surface area contributed by atoms with E-state index >= 15 is 0 Å². The number of hydrogen-bond donors (Lipinski definition) is 1. The van der Waals surface area contributed by atoms with Crippen LogP contribution < -0.4 is 9.42 Å². The van der Waals surface area contributed by atoms with Crippen molar-refractivity contribution in [3.63, 3.8) is 0 Å². The minimum Gasteiger partial charge on any atom is -0.598 e. The Bertz CT molecular complexity index is 397. The number of rotatable bonds is 2. The molecule has 1 fully saturated rings. The molecule has 1 N–H and O–H groups in total. The third kappa shape index (κ3) is 3.07. The van der Waals surface area contributed by atoms with Gasteiger partial charge in [0, 0.05) is 5.41 Å². The molecule has 5 nitrogen and oxygen atoms in total. The second-order valence-corrected chi connectivity index (χ2v) is 6.31.